The Kier molecular flexibility index (Phi) is 4.56. The number of aromatic nitrogens is 3. The molecule has 0 atom stereocenters. The van der Waals surface area contributed by atoms with Crippen LogP contribution in [0.4, 0.5) is 5.82 Å². The molecule has 0 fully saturated rings. The highest BCUT2D eigenvalue weighted by Crippen LogP contribution is 2.19. The number of amides is 1. The summed E-state index contributed by atoms with van der Waals surface area (Å²) in [5.41, 5.74) is 3.49. The van der Waals surface area contributed by atoms with Crippen LogP contribution in [0.15, 0.2) is 55.0 Å². The number of carbonyl (C=O) groups is 1. The molecule has 0 aliphatic carbocycles. The third kappa shape index (κ3) is 3.43. The van der Waals surface area contributed by atoms with Crippen molar-refractivity contribution in [1.29, 1.82) is 0 Å². The van der Waals surface area contributed by atoms with Gasteiger partial charge in [0, 0.05) is 49.7 Å². The normalized spacial score (nSPS) is 10.4. The van der Waals surface area contributed by atoms with Crippen molar-refractivity contribution in [3.05, 3.63) is 66.1 Å². The average molecular weight is 321 g/mol. The Morgan fingerprint density at radius 1 is 1.21 bits per heavy atom. The van der Waals surface area contributed by atoms with E-state index in [0.29, 0.717) is 12.1 Å². The maximum Gasteiger partial charge on any atom is 0.251 e. The van der Waals surface area contributed by atoms with Gasteiger partial charge in [-0.05, 0) is 23.8 Å². The molecule has 0 bridgehead atoms. The van der Waals surface area contributed by atoms with E-state index in [4.69, 9.17) is 0 Å². The number of nitrogens with zero attached hydrogens (tertiary/aromatic N) is 3. The summed E-state index contributed by atoms with van der Waals surface area (Å²) in [6, 6.07) is 11.3. The van der Waals surface area contributed by atoms with Crippen molar-refractivity contribution in [1.82, 2.24) is 20.5 Å². The molecular formula is C18H19N5O. The highest BCUT2D eigenvalue weighted by molar-refractivity contribution is 5.95. The largest absolute Gasteiger partial charge is 0.362 e. The minimum atomic E-state index is -0.117. The first-order valence-electron chi connectivity index (χ1n) is 7.64. The number of H-pyrrole nitrogens is 1. The Morgan fingerprint density at radius 3 is 2.83 bits per heavy atom. The third-order valence-corrected chi connectivity index (χ3v) is 3.69. The summed E-state index contributed by atoms with van der Waals surface area (Å²) in [7, 11) is 3.87. The molecule has 122 valence electrons. The van der Waals surface area contributed by atoms with Crippen molar-refractivity contribution in [3.63, 3.8) is 0 Å². The molecule has 0 spiro atoms. The fourth-order valence-electron chi connectivity index (χ4n) is 2.50. The first-order chi connectivity index (χ1) is 11.6. The van der Waals surface area contributed by atoms with E-state index in [1.165, 1.54) is 0 Å². The molecule has 1 aromatic carbocycles. The number of pyridine rings is 1. The molecule has 24 heavy (non-hydrogen) atoms. The van der Waals surface area contributed by atoms with Gasteiger partial charge in [0.2, 0.25) is 0 Å². The lowest BCUT2D eigenvalue weighted by Gasteiger charge is -2.16. The maximum absolute atomic E-state index is 12.5. The van der Waals surface area contributed by atoms with Crippen molar-refractivity contribution in [3.8, 4) is 11.1 Å². The second kappa shape index (κ2) is 6.95. The van der Waals surface area contributed by atoms with E-state index in [1.54, 1.807) is 24.7 Å². The molecule has 2 aromatic heterocycles. The van der Waals surface area contributed by atoms with Gasteiger partial charge >= 0.3 is 0 Å². The average Bonchev–Trinajstić information content (AvgIpc) is 3.14. The van der Waals surface area contributed by atoms with E-state index in [-0.39, 0.29) is 5.91 Å². The zero-order chi connectivity index (χ0) is 16.9. The lowest BCUT2D eigenvalue weighted by Crippen LogP contribution is -2.24. The van der Waals surface area contributed by atoms with Crippen LogP contribution in [0.3, 0.4) is 0 Å². The van der Waals surface area contributed by atoms with Gasteiger partial charge in [0.15, 0.2) is 0 Å². The van der Waals surface area contributed by atoms with Gasteiger partial charge < -0.3 is 10.2 Å². The van der Waals surface area contributed by atoms with E-state index < -0.39 is 0 Å². The van der Waals surface area contributed by atoms with E-state index in [9.17, 15) is 4.79 Å². The molecule has 0 unspecified atom stereocenters. The lowest BCUT2D eigenvalue weighted by molar-refractivity contribution is 0.0951. The Bertz CT molecular complexity index is 827. The molecule has 0 radical (unpaired) electrons. The van der Waals surface area contributed by atoms with E-state index in [2.05, 4.69) is 20.5 Å². The Hall–Kier alpha value is -3.15. The Morgan fingerprint density at radius 2 is 2.08 bits per heavy atom. The van der Waals surface area contributed by atoms with Crippen molar-refractivity contribution in [2.75, 3.05) is 19.0 Å². The number of carbonyl (C=O) groups excluding carboxylic acids is 1. The molecule has 0 aliphatic heterocycles. The predicted molar refractivity (Wildman–Crippen MR) is 93.8 cm³/mol. The topological polar surface area (TPSA) is 73.9 Å². The molecule has 0 saturated heterocycles. The molecule has 2 heterocycles. The second-order valence-electron chi connectivity index (χ2n) is 5.63. The lowest BCUT2D eigenvalue weighted by atomic mass is 10.1. The SMILES string of the molecule is CN(C)c1ncccc1CNC(=O)c1cccc(-c2cn[nH]c2)c1. The molecule has 1 amide bonds. The van der Waals surface area contributed by atoms with Crippen LogP contribution < -0.4 is 10.2 Å². The van der Waals surface area contributed by atoms with Crippen LogP contribution in [0.5, 0.6) is 0 Å². The van der Waals surface area contributed by atoms with Gasteiger partial charge in [0.05, 0.1) is 6.20 Å². The summed E-state index contributed by atoms with van der Waals surface area (Å²) in [5, 5.41) is 9.67. The smallest absolute Gasteiger partial charge is 0.251 e. The van der Waals surface area contributed by atoms with Gasteiger partial charge in [-0.15, -0.1) is 0 Å². The Labute approximate surface area is 140 Å². The molecule has 3 aromatic rings. The summed E-state index contributed by atoms with van der Waals surface area (Å²) >= 11 is 0. The molecule has 3 rings (SSSR count). The highest BCUT2D eigenvalue weighted by Gasteiger charge is 2.10. The number of nitrogens with one attached hydrogen (secondary N) is 2. The summed E-state index contributed by atoms with van der Waals surface area (Å²) in [6.07, 6.45) is 5.28. The fourth-order valence-corrected chi connectivity index (χ4v) is 2.50. The summed E-state index contributed by atoms with van der Waals surface area (Å²) in [5.74, 6) is 0.735. The zero-order valence-corrected chi connectivity index (χ0v) is 13.7. The van der Waals surface area contributed by atoms with Gasteiger partial charge in [-0.2, -0.15) is 5.10 Å². The Balaban J connectivity index is 1.73. The number of hydrogen-bond donors (Lipinski definition) is 2. The summed E-state index contributed by atoms with van der Waals surface area (Å²) in [6.45, 7) is 0.427. The first kappa shape index (κ1) is 15.7. The molecular weight excluding hydrogens is 302 g/mol. The van der Waals surface area contributed by atoms with Crippen molar-refractivity contribution in [2.24, 2.45) is 0 Å². The van der Waals surface area contributed by atoms with Gasteiger partial charge in [-0.25, -0.2) is 4.98 Å². The molecule has 2 N–H and O–H groups in total. The standard InChI is InChI=1S/C18H19N5O/c1-23(2)17-15(7-4-8-19-17)10-20-18(24)14-6-3-5-13(9-14)16-11-21-22-12-16/h3-9,11-12H,10H2,1-2H3,(H,20,24)(H,21,22). The maximum atomic E-state index is 12.5. The van der Waals surface area contributed by atoms with Gasteiger partial charge in [0.1, 0.15) is 5.82 Å². The summed E-state index contributed by atoms with van der Waals surface area (Å²) < 4.78 is 0. The monoisotopic (exact) mass is 321 g/mol. The van der Waals surface area contributed by atoms with Crippen LogP contribution in [0.2, 0.25) is 0 Å². The molecule has 6 heteroatoms. The molecule has 0 saturated carbocycles. The third-order valence-electron chi connectivity index (χ3n) is 3.69. The van der Waals surface area contributed by atoms with Gasteiger partial charge in [0.25, 0.3) is 5.91 Å². The van der Waals surface area contributed by atoms with E-state index in [0.717, 1.165) is 22.5 Å². The van der Waals surface area contributed by atoms with Crippen LogP contribution in [0.1, 0.15) is 15.9 Å². The van der Waals surface area contributed by atoms with Crippen molar-refractivity contribution >= 4 is 11.7 Å². The fraction of sp³-hybridized carbons (Fsp3) is 0.167. The minimum Gasteiger partial charge on any atom is -0.362 e. The molecule has 6 nitrogen and oxygen atoms in total. The molecule has 0 aliphatic rings. The van der Waals surface area contributed by atoms with Crippen LogP contribution in [-0.2, 0) is 6.54 Å². The van der Waals surface area contributed by atoms with E-state index >= 15 is 0 Å². The van der Waals surface area contributed by atoms with Crippen LogP contribution in [-0.4, -0.2) is 35.2 Å². The number of aromatic amines is 1. The number of rotatable bonds is 5. The summed E-state index contributed by atoms with van der Waals surface area (Å²) in [4.78, 5) is 18.7. The van der Waals surface area contributed by atoms with Crippen molar-refractivity contribution in [2.45, 2.75) is 6.54 Å². The highest BCUT2D eigenvalue weighted by atomic mass is 16.1. The number of hydrogen-bond acceptors (Lipinski definition) is 4. The quantitative estimate of drug-likeness (QED) is 0.757. The first-order valence-corrected chi connectivity index (χ1v) is 7.64. The van der Waals surface area contributed by atoms with Gasteiger partial charge in [-0.3, -0.25) is 9.89 Å². The van der Waals surface area contributed by atoms with Crippen LogP contribution >= 0.6 is 0 Å². The zero-order valence-electron chi connectivity index (χ0n) is 13.7. The van der Waals surface area contributed by atoms with Gasteiger partial charge in [-0.1, -0.05) is 18.2 Å². The minimum absolute atomic E-state index is 0.117. The van der Waals surface area contributed by atoms with Crippen LogP contribution in [0, 0.1) is 0 Å². The number of anilines is 1. The van der Waals surface area contributed by atoms with Crippen LogP contribution in [0.25, 0.3) is 11.1 Å². The van der Waals surface area contributed by atoms with E-state index in [1.807, 2.05) is 49.3 Å². The van der Waals surface area contributed by atoms with Crippen molar-refractivity contribution < 1.29 is 4.79 Å². The predicted octanol–water partition coefficient (Wildman–Crippen LogP) is 2.47. The second-order valence-corrected chi connectivity index (χ2v) is 5.63. The number of benzene rings is 1.